The van der Waals surface area contributed by atoms with Gasteiger partial charge in [0.2, 0.25) is 0 Å². The Kier molecular flexibility index (Phi) is 8.28. The summed E-state index contributed by atoms with van der Waals surface area (Å²) in [7, 11) is 3.40. The molecule has 0 atom stereocenters. The molecule has 0 radical (unpaired) electrons. The van der Waals surface area contributed by atoms with Crippen LogP contribution in [0.2, 0.25) is 0 Å². The summed E-state index contributed by atoms with van der Waals surface area (Å²) in [5.41, 5.74) is 2.14. The van der Waals surface area contributed by atoms with E-state index in [-0.39, 0.29) is 0 Å². The van der Waals surface area contributed by atoms with Gasteiger partial charge in [-0.2, -0.15) is 4.98 Å². The Morgan fingerprint density at radius 3 is 2.35 bits per heavy atom. The zero-order valence-electron chi connectivity index (χ0n) is 18.2. The van der Waals surface area contributed by atoms with Gasteiger partial charge in [0, 0.05) is 25.6 Å². The minimum atomic E-state index is 0.532. The highest BCUT2D eigenvalue weighted by atomic mass is 16.5. The van der Waals surface area contributed by atoms with Crippen LogP contribution in [-0.2, 0) is 12.8 Å². The summed E-state index contributed by atoms with van der Waals surface area (Å²) in [6.45, 7) is 3.94. The van der Waals surface area contributed by atoms with Crippen LogP contribution in [0.25, 0.3) is 11.5 Å². The van der Waals surface area contributed by atoms with E-state index in [1.54, 1.807) is 14.2 Å². The molecule has 0 saturated carbocycles. The van der Waals surface area contributed by atoms with E-state index in [9.17, 15) is 0 Å². The molecule has 3 aromatic rings. The molecule has 0 aliphatic rings. The molecule has 2 aromatic carbocycles. The van der Waals surface area contributed by atoms with Crippen LogP contribution in [0.5, 0.6) is 11.5 Å². The van der Waals surface area contributed by atoms with Crippen molar-refractivity contribution in [3.8, 4) is 23.0 Å². The predicted molar refractivity (Wildman–Crippen MR) is 121 cm³/mol. The monoisotopic (exact) mass is 423 g/mol. The van der Waals surface area contributed by atoms with Crippen molar-refractivity contribution in [2.45, 2.75) is 19.8 Å². The first-order chi connectivity index (χ1) is 15.2. The molecule has 1 aromatic heterocycles. The van der Waals surface area contributed by atoms with Crippen molar-refractivity contribution in [1.29, 1.82) is 0 Å². The van der Waals surface area contributed by atoms with Gasteiger partial charge in [-0.3, -0.25) is 4.99 Å². The Morgan fingerprint density at radius 1 is 1.00 bits per heavy atom. The Labute approximate surface area is 182 Å². The maximum atomic E-state index is 5.71. The van der Waals surface area contributed by atoms with Crippen LogP contribution in [0.15, 0.2) is 58.0 Å². The molecule has 0 saturated heterocycles. The van der Waals surface area contributed by atoms with Gasteiger partial charge in [-0.25, -0.2) is 0 Å². The first-order valence-electron chi connectivity index (χ1n) is 10.3. The fourth-order valence-corrected chi connectivity index (χ4v) is 2.88. The Balaban J connectivity index is 1.36. The minimum absolute atomic E-state index is 0.532. The van der Waals surface area contributed by atoms with Gasteiger partial charge in [0.15, 0.2) is 11.8 Å². The summed E-state index contributed by atoms with van der Waals surface area (Å²) < 4.78 is 16.1. The summed E-state index contributed by atoms with van der Waals surface area (Å²) in [6.07, 6.45) is 1.63. The fourth-order valence-electron chi connectivity index (χ4n) is 2.88. The molecule has 0 bridgehead atoms. The lowest BCUT2D eigenvalue weighted by molar-refractivity contribution is 0.321. The molecule has 31 heavy (non-hydrogen) atoms. The second-order valence-corrected chi connectivity index (χ2v) is 6.77. The molecule has 2 N–H and O–H groups in total. The number of methoxy groups -OCH3 is 1. The summed E-state index contributed by atoms with van der Waals surface area (Å²) in [5, 5.41) is 10.5. The quantitative estimate of drug-likeness (QED) is 0.294. The standard InChI is InChI=1S/C23H29N5O3/c1-4-21-27-22(31-28-21)18-7-5-17(6-8-18)13-14-25-23(24-2)26-15-16-30-20-11-9-19(29-3)10-12-20/h5-12H,4,13-16H2,1-3H3,(H2,24,25,26). The van der Waals surface area contributed by atoms with E-state index in [1.807, 2.05) is 43.3 Å². The lowest BCUT2D eigenvalue weighted by Gasteiger charge is -2.13. The van der Waals surface area contributed by atoms with E-state index in [4.69, 9.17) is 14.0 Å². The van der Waals surface area contributed by atoms with Gasteiger partial charge in [0.05, 0.1) is 13.7 Å². The predicted octanol–water partition coefficient (Wildman–Crippen LogP) is 3.09. The van der Waals surface area contributed by atoms with Crippen LogP contribution in [0, 0.1) is 0 Å². The molecule has 0 aliphatic heterocycles. The van der Waals surface area contributed by atoms with E-state index in [0.29, 0.717) is 19.0 Å². The van der Waals surface area contributed by atoms with Crippen molar-refractivity contribution in [1.82, 2.24) is 20.8 Å². The van der Waals surface area contributed by atoms with E-state index in [0.717, 1.165) is 48.2 Å². The number of nitrogens with zero attached hydrogens (tertiary/aromatic N) is 3. The molecule has 3 rings (SSSR count). The number of ether oxygens (including phenoxy) is 2. The number of benzene rings is 2. The number of aromatic nitrogens is 2. The summed E-state index contributed by atoms with van der Waals surface area (Å²) >= 11 is 0. The van der Waals surface area contributed by atoms with Crippen molar-refractivity contribution in [2.24, 2.45) is 4.99 Å². The van der Waals surface area contributed by atoms with Gasteiger partial charge in [-0.1, -0.05) is 24.2 Å². The highest BCUT2D eigenvalue weighted by Gasteiger charge is 2.07. The second kappa shape index (κ2) is 11.6. The van der Waals surface area contributed by atoms with E-state index >= 15 is 0 Å². The highest BCUT2D eigenvalue weighted by molar-refractivity contribution is 5.79. The fraction of sp³-hybridized carbons (Fsp3) is 0.348. The Bertz CT molecular complexity index is 952. The number of nitrogens with one attached hydrogen (secondary N) is 2. The number of aryl methyl sites for hydroxylation is 1. The molecule has 0 unspecified atom stereocenters. The zero-order valence-corrected chi connectivity index (χ0v) is 18.2. The molecule has 8 heteroatoms. The number of guanidine groups is 1. The molecular formula is C23H29N5O3. The van der Waals surface area contributed by atoms with Gasteiger partial charge >= 0.3 is 0 Å². The summed E-state index contributed by atoms with van der Waals surface area (Å²) in [5.74, 6) is 3.64. The third-order valence-electron chi connectivity index (χ3n) is 4.64. The number of aliphatic imine (C=N–C) groups is 1. The summed E-state index contributed by atoms with van der Waals surface area (Å²) in [6, 6.07) is 15.7. The van der Waals surface area contributed by atoms with Gasteiger partial charge in [0.25, 0.3) is 5.89 Å². The van der Waals surface area contributed by atoms with Gasteiger partial charge in [0.1, 0.15) is 18.1 Å². The first kappa shape index (κ1) is 22.1. The Hall–Kier alpha value is -3.55. The number of hydrogen-bond donors (Lipinski definition) is 2. The maximum Gasteiger partial charge on any atom is 0.257 e. The molecule has 0 fully saturated rings. The second-order valence-electron chi connectivity index (χ2n) is 6.77. The third kappa shape index (κ3) is 6.74. The molecule has 1 heterocycles. The van der Waals surface area contributed by atoms with Crippen LogP contribution in [0.4, 0.5) is 0 Å². The zero-order chi connectivity index (χ0) is 21.9. The lowest BCUT2D eigenvalue weighted by atomic mass is 10.1. The van der Waals surface area contributed by atoms with E-state index in [1.165, 1.54) is 5.56 Å². The van der Waals surface area contributed by atoms with E-state index in [2.05, 4.69) is 37.9 Å². The van der Waals surface area contributed by atoms with Crippen molar-refractivity contribution in [3.05, 3.63) is 59.9 Å². The normalized spacial score (nSPS) is 11.3. The maximum absolute atomic E-state index is 5.71. The minimum Gasteiger partial charge on any atom is -0.497 e. The van der Waals surface area contributed by atoms with Gasteiger partial charge in [-0.15, -0.1) is 0 Å². The molecule has 0 spiro atoms. The molecule has 0 aliphatic carbocycles. The lowest BCUT2D eigenvalue weighted by Crippen LogP contribution is -2.40. The topological polar surface area (TPSA) is 93.8 Å². The smallest absolute Gasteiger partial charge is 0.257 e. The molecule has 164 valence electrons. The van der Waals surface area contributed by atoms with Crippen LogP contribution in [-0.4, -0.2) is 50.0 Å². The SMILES string of the molecule is CCc1noc(-c2ccc(CCNC(=NC)NCCOc3ccc(OC)cc3)cc2)n1. The average Bonchev–Trinajstić information content (AvgIpc) is 3.31. The van der Waals surface area contributed by atoms with Crippen molar-refractivity contribution < 1.29 is 14.0 Å². The third-order valence-corrected chi connectivity index (χ3v) is 4.64. The van der Waals surface area contributed by atoms with Crippen LogP contribution in [0.1, 0.15) is 18.3 Å². The molecular weight excluding hydrogens is 394 g/mol. The largest absolute Gasteiger partial charge is 0.497 e. The van der Waals surface area contributed by atoms with E-state index < -0.39 is 0 Å². The molecule has 0 amide bonds. The van der Waals surface area contributed by atoms with Gasteiger partial charge < -0.3 is 24.6 Å². The van der Waals surface area contributed by atoms with Crippen LogP contribution < -0.4 is 20.1 Å². The average molecular weight is 424 g/mol. The van der Waals surface area contributed by atoms with Crippen molar-refractivity contribution in [3.63, 3.8) is 0 Å². The summed E-state index contributed by atoms with van der Waals surface area (Å²) in [4.78, 5) is 8.60. The highest BCUT2D eigenvalue weighted by Crippen LogP contribution is 2.18. The number of rotatable bonds is 10. The number of hydrogen-bond acceptors (Lipinski definition) is 6. The van der Waals surface area contributed by atoms with Crippen molar-refractivity contribution in [2.75, 3.05) is 33.9 Å². The molecule has 8 nitrogen and oxygen atoms in total. The van der Waals surface area contributed by atoms with Gasteiger partial charge in [-0.05, 0) is 48.4 Å². The van der Waals surface area contributed by atoms with Crippen LogP contribution >= 0.6 is 0 Å². The van der Waals surface area contributed by atoms with Crippen LogP contribution in [0.3, 0.4) is 0 Å². The van der Waals surface area contributed by atoms with Crippen molar-refractivity contribution >= 4 is 5.96 Å². The first-order valence-corrected chi connectivity index (χ1v) is 10.3. The Morgan fingerprint density at radius 2 is 1.71 bits per heavy atom.